The molecular weight excluding hydrogens is 392 g/mol. The van der Waals surface area contributed by atoms with Crippen LogP contribution in [0.5, 0.6) is 11.5 Å². The van der Waals surface area contributed by atoms with E-state index >= 15 is 0 Å². The molecule has 0 spiro atoms. The standard InChI is InChI=1S/C25H34N2O4/c1-19-7-6-8-20(2)23(19)15-21(28)16-26-11-13-27(14-12-26)17-22(29)18-31-25-10-5-4-9-24(25)30-3/h4-10,22,29H,11-18H2,1-3H3/i16D2,17D2,22D. The molecule has 6 nitrogen and oxygen atoms in total. The van der Waals surface area contributed by atoms with E-state index in [1.54, 1.807) is 24.3 Å². The molecule has 0 amide bonds. The fourth-order valence-electron chi connectivity index (χ4n) is 3.53. The molecule has 2 aromatic carbocycles. The van der Waals surface area contributed by atoms with Crippen LogP contribution in [0.25, 0.3) is 0 Å². The van der Waals surface area contributed by atoms with Crippen LogP contribution < -0.4 is 9.47 Å². The summed E-state index contributed by atoms with van der Waals surface area (Å²) in [5, 5.41) is 10.7. The number of aliphatic hydroxyl groups is 1. The largest absolute Gasteiger partial charge is 0.493 e. The van der Waals surface area contributed by atoms with E-state index in [1.807, 2.05) is 32.0 Å². The normalized spacial score (nSPS) is 20.5. The second-order valence-electron chi connectivity index (χ2n) is 7.55. The van der Waals surface area contributed by atoms with Gasteiger partial charge in [0.05, 0.1) is 17.7 Å². The van der Waals surface area contributed by atoms with E-state index in [9.17, 15) is 9.90 Å². The highest BCUT2D eigenvalue weighted by atomic mass is 16.5. The van der Waals surface area contributed by atoms with E-state index in [0.717, 1.165) is 16.7 Å². The molecular formula is C25H34N2O4. The lowest BCUT2D eigenvalue weighted by Crippen LogP contribution is -2.50. The van der Waals surface area contributed by atoms with Gasteiger partial charge in [0, 0.05) is 41.8 Å². The Hall–Kier alpha value is -2.41. The van der Waals surface area contributed by atoms with Crippen molar-refractivity contribution in [2.45, 2.75) is 26.3 Å². The number of nitrogens with zero attached hydrogens (tertiary/aromatic N) is 2. The van der Waals surface area contributed by atoms with E-state index in [4.69, 9.17) is 16.3 Å². The molecule has 1 unspecified atom stereocenters. The van der Waals surface area contributed by atoms with Gasteiger partial charge < -0.3 is 14.6 Å². The Balaban J connectivity index is 1.63. The number of ketones is 1. The van der Waals surface area contributed by atoms with Crippen LogP contribution in [0.4, 0.5) is 0 Å². The number of piperazine rings is 1. The van der Waals surface area contributed by atoms with E-state index < -0.39 is 31.5 Å². The fraction of sp³-hybridized carbons (Fsp3) is 0.480. The zero-order valence-electron chi connectivity index (χ0n) is 23.4. The molecule has 1 N–H and O–H groups in total. The van der Waals surface area contributed by atoms with Crippen LogP contribution in [-0.4, -0.2) is 79.7 Å². The topological polar surface area (TPSA) is 62.2 Å². The number of benzene rings is 2. The van der Waals surface area contributed by atoms with Gasteiger partial charge in [-0.25, -0.2) is 0 Å². The summed E-state index contributed by atoms with van der Waals surface area (Å²) in [6.45, 7) is -1.39. The smallest absolute Gasteiger partial charge is 0.161 e. The maximum absolute atomic E-state index is 12.9. The number of hydrogen-bond acceptors (Lipinski definition) is 6. The van der Waals surface area contributed by atoms with Gasteiger partial charge >= 0.3 is 0 Å². The number of carbonyl (C=O) groups excluding carboxylic acids is 1. The van der Waals surface area contributed by atoms with Gasteiger partial charge in [-0.2, -0.15) is 0 Å². The summed E-state index contributed by atoms with van der Waals surface area (Å²) in [6.07, 6.45) is -2.65. The van der Waals surface area contributed by atoms with Crippen LogP contribution in [0.3, 0.4) is 0 Å². The third kappa shape index (κ3) is 6.79. The van der Waals surface area contributed by atoms with Crippen LogP contribution in [0.2, 0.25) is 0 Å². The van der Waals surface area contributed by atoms with Crippen LogP contribution in [0.15, 0.2) is 42.5 Å². The van der Waals surface area contributed by atoms with Crippen molar-refractivity contribution in [1.82, 2.24) is 9.80 Å². The Morgan fingerprint density at radius 3 is 2.32 bits per heavy atom. The number of β-amino-alcohol motifs (C(OH)–C–C–N with tert-alkyl or cyclic N) is 1. The number of hydrogen-bond donors (Lipinski definition) is 1. The molecule has 0 aromatic heterocycles. The molecule has 0 radical (unpaired) electrons. The SMILES string of the molecule is [2H]C([2H])(C(=O)Cc1c(C)cccc1C)N1CCN(C([2H])([2H])C([2H])(O)COc2ccccc2OC)CC1. The van der Waals surface area contributed by atoms with Crippen molar-refractivity contribution in [3.05, 3.63) is 59.2 Å². The summed E-state index contributed by atoms with van der Waals surface area (Å²) in [7, 11) is 1.46. The molecule has 0 aliphatic carbocycles. The minimum Gasteiger partial charge on any atom is -0.493 e. The Bertz CT molecular complexity index is 1050. The molecule has 6 heteroatoms. The number of carbonyl (C=O) groups is 1. The molecule has 1 aliphatic rings. The lowest BCUT2D eigenvalue weighted by molar-refractivity contribution is -0.120. The van der Waals surface area contributed by atoms with Gasteiger partial charge in [0.15, 0.2) is 17.3 Å². The summed E-state index contributed by atoms with van der Waals surface area (Å²) >= 11 is 0. The number of para-hydroxylation sites is 2. The zero-order chi connectivity index (χ0) is 26.7. The van der Waals surface area contributed by atoms with Crippen molar-refractivity contribution in [2.75, 3.05) is 52.9 Å². The first-order chi connectivity index (χ1) is 16.8. The van der Waals surface area contributed by atoms with Crippen LogP contribution in [0.1, 0.15) is 23.5 Å². The molecule has 31 heavy (non-hydrogen) atoms. The molecule has 2 aromatic rings. The van der Waals surface area contributed by atoms with E-state index in [1.165, 1.54) is 16.9 Å². The minimum atomic E-state index is -2.62. The maximum atomic E-state index is 12.9. The molecule has 0 saturated carbocycles. The van der Waals surface area contributed by atoms with Crippen LogP contribution in [-0.2, 0) is 11.2 Å². The average molecular weight is 432 g/mol. The second kappa shape index (κ2) is 11.3. The van der Waals surface area contributed by atoms with Crippen molar-refractivity contribution in [1.29, 1.82) is 0 Å². The summed E-state index contributed by atoms with van der Waals surface area (Å²) in [5.41, 5.74) is 2.68. The monoisotopic (exact) mass is 431 g/mol. The Morgan fingerprint density at radius 2 is 1.68 bits per heavy atom. The molecule has 0 bridgehead atoms. The van der Waals surface area contributed by atoms with Gasteiger partial charge in [-0.3, -0.25) is 14.6 Å². The quantitative estimate of drug-likeness (QED) is 0.624. The molecule has 3 rings (SSSR count). The molecule has 168 valence electrons. The molecule has 1 heterocycles. The number of aryl methyl sites for hydroxylation is 2. The third-order valence-electron chi connectivity index (χ3n) is 5.26. The number of methoxy groups -OCH3 is 1. The Morgan fingerprint density at radius 1 is 1.06 bits per heavy atom. The molecule has 1 fully saturated rings. The minimum absolute atomic E-state index is 0.0268. The predicted molar refractivity (Wildman–Crippen MR) is 122 cm³/mol. The van der Waals surface area contributed by atoms with E-state index in [2.05, 4.69) is 0 Å². The van der Waals surface area contributed by atoms with Crippen molar-refractivity contribution in [2.24, 2.45) is 0 Å². The van der Waals surface area contributed by atoms with Gasteiger partial charge in [-0.15, -0.1) is 0 Å². The van der Waals surface area contributed by atoms with Gasteiger partial charge in [0.1, 0.15) is 12.7 Å². The first-order valence-corrected chi connectivity index (χ1v) is 10.4. The van der Waals surface area contributed by atoms with Crippen molar-refractivity contribution < 1.29 is 26.2 Å². The van der Waals surface area contributed by atoms with Gasteiger partial charge in [0.2, 0.25) is 0 Å². The number of Topliss-reactive ketones (excluding diaryl/α,β-unsaturated/α-hetero) is 1. The maximum Gasteiger partial charge on any atom is 0.161 e. The number of rotatable bonds is 10. The Labute approximate surface area is 192 Å². The van der Waals surface area contributed by atoms with Crippen molar-refractivity contribution in [3.63, 3.8) is 0 Å². The highest BCUT2D eigenvalue weighted by Crippen LogP contribution is 2.25. The summed E-state index contributed by atoms with van der Waals surface area (Å²) in [6, 6.07) is 12.4. The lowest BCUT2D eigenvalue weighted by Gasteiger charge is -2.35. The lowest BCUT2D eigenvalue weighted by atomic mass is 9.98. The summed E-state index contributed by atoms with van der Waals surface area (Å²) in [5.74, 6) is 0.121. The van der Waals surface area contributed by atoms with Crippen LogP contribution in [0, 0.1) is 13.8 Å². The van der Waals surface area contributed by atoms with Crippen molar-refractivity contribution >= 4 is 5.78 Å². The van der Waals surface area contributed by atoms with E-state index in [0.29, 0.717) is 5.75 Å². The van der Waals surface area contributed by atoms with Gasteiger partial charge in [-0.05, 0) is 42.7 Å². The highest BCUT2D eigenvalue weighted by molar-refractivity contribution is 5.83. The van der Waals surface area contributed by atoms with Gasteiger partial charge in [0.25, 0.3) is 0 Å². The summed E-state index contributed by atoms with van der Waals surface area (Å²) in [4.78, 5) is 15.6. The van der Waals surface area contributed by atoms with Crippen LogP contribution >= 0.6 is 0 Å². The highest BCUT2D eigenvalue weighted by Gasteiger charge is 2.21. The first kappa shape index (κ1) is 17.2. The summed E-state index contributed by atoms with van der Waals surface area (Å²) < 4.78 is 52.8. The third-order valence-corrected chi connectivity index (χ3v) is 5.26. The van der Waals surface area contributed by atoms with Crippen molar-refractivity contribution in [3.8, 4) is 11.5 Å². The number of ether oxygens (including phenoxy) is 2. The fourth-order valence-corrected chi connectivity index (χ4v) is 3.53. The van der Waals surface area contributed by atoms with Gasteiger partial charge in [-0.1, -0.05) is 30.3 Å². The first-order valence-electron chi connectivity index (χ1n) is 12.9. The average Bonchev–Trinajstić information content (AvgIpc) is 2.85. The zero-order valence-corrected chi connectivity index (χ0v) is 18.4. The molecule has 1 aliphatic heterocycles. The predicted octanol–water partition coefficient (Wildman–Crippen LogP) is 2.48. The van der Waals surface area contributed by atoms with E-state index in [-0.39, 0.29) is 38.3 Å². The molecule has 1 atom stereocenters. The molecule has 1 saturated heterocycles. The Kier molecular flexibility index (Phi) is 6.25. The second-order valence-corrected chi connectivity index (χ2v) is 7.55.